The van der Waals surface area contributed by atoms with E-state index in [9.17, 15) is 75.3 Å². The molecular formula is C60H92O24. The zero-order valence-corrected chi connectivity index (χ0v) is 50.2. The molecular weight excluding hydrogens is 1100 g/mol. The van der Waals surface area contributed by atoms with E-state index >= 15 is 0 Å². The number of aliphatic hydroxyl groups excluding tert-OH is 10. The number of carboxylic acid groups (broad SMARTS) is 1. The number of aliphatic carboxylic acids is 1. The summed E-state index contributed by atoms with van der Waals surface area (Å²) >= 11 is 0. The molecule has 0 aromatic heterocycles. The van der Waals surface area contributed by atoms with Gasteiger partial charge < -0.3 is 98.8 Å². The quantitative estimate of drug-likeness (QED) is 0.0361. The summed E-state index contributed by atoms with van der Waals surface area (Å²) in [5, 5.41) is 123. The van der Waals surface area contributed by atoms with Crippen LogP contribution in [0, 0.1) is 50.2 Å². The van der Waals surface area contributed by atoms with Gasteiger partial charge >= 0.3 is 23.9 Å². The van der Waals surface area contributed by atoms with Crippen molar-refractivity contribution in [2.24, 2.45) is 50.2 Å². The molecule has 3 aliphatic heterocycles. The van der Waals surface area contributed by atoms with Crippen LogP contribution in [0.3, 0.4) is 0 Å². The van der Waals surface area contributed by atoms with Crippen LogP contribution >= 0.6 is 0 Å². The largest absolute Gasteiger partial charge is 0.479 e. The summed E-state index contributed by atoms with van der Waals surface area (Å²) in [5.74, 6) is -4.82. The SMILES string of the molecule is C/C=C(/C)C(=O)O[C@@H]1[C@@H](O)[C@H](O[C@H]2[C@H](OC(C)=O)[C@]3(CO)C(O)C[C@]4(C)C(=CCC5[C@@]6(C)CC[C@H](O[C@@H]7O[C@H](C(=O)O)[C@@H](O)[C@H](O)[C@H]7O[C@@H]7O[C@H](CO)[C@@H](O)[C@H](O)[C@H]7O)[C@@](C)(CO)C6CC[C@]54C)C3CC2(C)C)O[C@H](C)[C@H]1OC(=O)/C(C)=C\C. The molecule has 3 heterocycles. The number of allylic oxidation sites excluding steroid dienone is 4. The maximum absolute atomic E-state index is 13.4. The first-order valence-corrected chi connectivity index (χ1v) is 29.5. The highest BCUT2D eigenvalue weighted by molar-refractivity contribution is 5.88. The molecule has 8 rings (SSSR count). The lowest BCUT2D eigenvalue weighted by atomic mass is 9.33. The third-order valence-electron chi connectivity index (χ3n) is 22.0. The Morgan fingerprint density at radius 2 is 1.26 bits per heavy atom. The van der Waals surface area contributed by atoms with Crippen LogP contribution in [-0.4, -0.2) is 216 Å². The van der Waals surface area contributed by atoms with Crippen LogP contribution in [0.4, 0.5) is 0 Å². The van der Waals surface area contributed by atoms with Crippen molar-refractivity contribution in [3.8, 4) is 0 Å². The smallest absolute Gasteiger partial charge is 0.335 e. The Bertz CT molecular complexity index is 2530. The fraction of sp³-hybridized carbons (Fsp3) is 0.833. The molecule has 4 saturated carbocycles. The molecule has 7 fully saturated rings. The lowest BCUT2D eigenvalue weighted by Crippen LogP contribution is -2.73. The Labute approximate surface area is 490 Å². The van der Waals surface area contributed by atoms with Gasteiger partial charge in [0, 0.05) is 23.5 Å². The number of hydrogen-bond donors (Lipinski definition) is 11. The van der Waals surface area contributed by atoms with Gasteiger partial charge in [0.2, 0.25) is 0 Å². The standard InChI is InChI=1S/C60H92O24/c1-13-26(3)50(74)80-43-28(5)76-53(42(71)44(43)81-51(75)27(4)14-2)84-47-48(77-29(6)64)60(25-63)31(21-55(47,7)8)30-15-16-34-56(9)19-18-36(57(10,24-62)33(56)17-20-58(34,11)59(30,12)22-35(60)65)79-54-46(40(69)39(68)45(82-54)49(72)73)83-52-41(70)38(67)37(66)32(23-61)78-52/h13-15,28,31-48,52-54,61-63,65-71H,16-25H2,1-12H3,(H,72,73)/b26-13-,27-14-/t28-,31?,32-,33?,34?,35?,36+,37-,38+,39+,40+,41-,42-,43-,44-,45+,46-,47+,48+,52+,53+,54-,56+,57+,58-,59-,60+/m1/s1. The van der Waals surface area contributed by atoms with E-state index in [2.05, 4.69) is 26.8 Å². The second-order valence-electron chi connectivity index (χ2n) is 26.9. The Balaban J connectivity index is 1.09. The number of esters is 3. The van der Waals surface area contributed by atoms with Crippen LogP contribution in [0.5, 0.6) is 0 Å². The molecule has 11 N–H and O–H groups in total. The van der Waals surface area contributed by atoms with Gasteiger partial charge in [-0.05, 0) is 119 Å². The van der Waals surface area contributed by atoms with Crippen molar-refractivity contribution >= 4 is 23.9 Å². The van der Waals surface area contributed by atoms with Gasteiger partial charge in [0.15, 0.2) is 37.2 Å². The van der Waals surface area contributed by atoms with Gasteiger partial charge in [-0.3, -0.25) is 4.79 Å². The minimum absolute atomic E-state index is 0.0905. The molecule has 3 saturated heterocycles. The van der Waals surface area contributed by atoms with E-state index in [0.717, 1.165) is 5.57 Å². The second-order valence-corrected chi connectivity index (χ2v) is 26.9. The average Bonchev–Trinajstić information content (AvgIpc) is 0.803. The van der Waals surface area contributed by atoms with Gasteiger partial charge in [-0.2, -0.15) is 0 Å². The summed E-state index contributed by atoms with van der Waals surface area (Å²) in [6, 6.07) is 0. The van der Waals surface area contributed by atoms with Crippen molar-refractivity contribution in [3.63, 3.8) is 0 Å². The average molecular weight is 1200 g/mol. The van der Waals surface area contributed by atoms with Crippen molar-refractivity contribution in [2.75, 3.05) is 19.8 Å². The van der Waals surface area contributed by atoms with E-state index in [4.69, 9.17) is 42.6 Å². The number of rotatable bonds is 15. The molecule has 0 amide bonds. The molecule has 476 valence electrons. The van der Waals surface area contributed by atoms with Crippen LogP contribution in [-0.2, 0) is 61.8 Å². The van der Waals surface area contributed by atoms with Gasteiger partial charge in [-0.25, -0.2) is 14.4 Å². The van der Waals surface area contributed by atoms with Gasteiger partial charge in [-0.15, -0.1) is 0 Å². The fourth-order valence-electron chi connectivity index (χ4n) is 16.7. The fourth-order valence-corrected chi connectivity index (χ4v) is 16.7. The summed E-state index contributed by atoms with van der Waals surface area (Å²) in [5.41, 5.74) is -3.96. The molecule has 0 aromatic rings. The summed E-state index contributed by atoms with van der Waals surface area (Å²) in [6.07, 6.45) is -22.2. The van der Waals surface area contributed by atoms with Gasteiger partial charge in [0.25, 0.3) is 0 Å². The molecule has 0 bridgehead atoms. The number of fused-ring (bicyclic) bond motifs is 7. The minimum atomic E-state index is -2.07. The van der Waals surface area contributed by atoms with Gasteiger partial charge in [0.05, 0.1) is 43.5 Å². The lowest BCUT2D eigenvalue weighted by Gasteiger charge is -2.73. The van der Waals surface area contributed by atoms with Crippen molar-refractivity contribution in [1.29, 1.82) is 0 Å². The number of carboxylic acids is 1. The van der Waals surface area contributed by atoms with E-state index < -0.39 is 199 Å². The maximum Gasteiger partial charge on any atom is 0.335 e. The topological polar surface area (TPSA) is 374 Å². The number of carbonyl (C=O) groups excluding carboxylic acids is 3. The predicted octanol–water partition coefficient (Wildman–Crippen LogP) is 1.22. The molecule has 0 radical (unpaired) electrons. The Morgan fingerprint density at radius 3 is 1.83 bits per heavy atom. The van der Waals surface area contributed by atoms with E-state index in [0.29, 0.717) is 25.7 Å². The third kappa shape index (κ3) is 10.8. The van der Waals surface area contributed by atoms with Crippen molar-refractivity contribution in [3.05, 3.63) is 34.9 Å². The molecule has 5 aliphatic carbocycles. The first kappa shape index (κ1) is 66.4. The zero-order valence-electron chi connectivity index (χ0n) is 50.2. The minimum Gasteiger partial charge on any atom is -0.479 e. The summed E-state index contributed by atoms with van der Waals surface area (Å²) in [4.78, 5) is 52.3. The highest BCUT2D eigenvalue weighted by atomic mass is 16.8. The Kier molecular flexibility index (Phi) is 19.3. The van der Waals surface area contributed by atoms with E-state index in [1.54, 1.807) is 33.8 Å². The molecule has 84 heavy (non-hydrogen) atoms. The van der Waals surface area contributed by atoms with Gasteiger partial charge in [0.1, 0.15) is 61.0 Å². The highest BCUT2D eigenvalue weighted by Gasteiger charge is 2.74. The number of aliphatic hydroxyl groups is 10. The molecule has 24 nitrogen and oxygen atoms in total. The van der Waals surface area contributed by atoms with Crippen LogP contribution in [0.15, 0.2) is 34.9 Å². The maximum atomic E-state index is 13.4. The number of carbonyl (C=O) groups is 4. The van der Waals surface area contributed by atoms with Crippen LogP contribution in [0.1, 0.15) is 128 Å². The predicted molar refractivity (Wildman–Crippen MR) is 291 cm³/mol. The highest BCUT2D eigenvalue weighted by Crippen LogP contribution is 2.76. The molecule has 0 spiro atoms. The van der Waals surface area contributed by atoms with Crippen molar-refractivity contribution in [1.82, 2.24) is 0 Å². The normalized spacial score (nSPS) is 48.5. The van der Waals surface area contributed by atoms with E-state index in [1.165, 1.54) is 19.9 Å². The Morgan fingerprint density at radius 1 is 0.643 bits per heavy atom. The first-order valence-electron chi connectivity index (χ1n) is 29.5. The molecule has 24 heteroatoms. The molecule has 8 aliphatic rings. The monoisotopic (exact) mass is 1200 g/mol. The summed E-state index contributed by atoms with van der Waals surface area (Å²) < 4.78 is 55.0. The Hall–Kier alpha value is -3.54. The van der Waals surface area contributed by atoms with Crippen LogP contribution in [0.25, 0.3) is 0 Å². The van der Waals surface area contributed by atoms with Crippen LogP contribution in [0.2, 0.25) is 0 Å². The van der Waals surface area contributed by atoms with Crippen molar-refractivity contribution in [2.45, 2.75) is 245 Å². The molecule has 0 aromatic carbocycles. The molecule has 27 atom stereocenters. The number of hydrogen-bond acceptors (Lipinski definition) is 23. The van der Waals surface area contributed by atoms with Gasteiger partial charge in [-0.1, -0.05) is 65.3 Å². The van der Waals surface area contributed by atoms with E-state index in [-0.39, 0.29) is 42.2 Å². The first-order chi connectivity index (χ1) is 39.2. The lowest BCUT2D eigenvalue weighted by molar-refractivity contribution is -0.375. The van der Waals surface area contributed by atoms with E-state index in [1.807, 2.05) is 20.8 Å². The third-order valence-corrected chi connectivity index (χ3v) is 22.0. The second kappa shape index (κ2) is 24.4. The summed E-state index contributed by atoms with van der Waals surface area (Å²) in [7, 11) is 0. The van der Waals surface area contributed by atoms with Crippen molar-refractivity contribution < 1.29 is 118 Å². The summed E-state index contributed by atoms with van der Waals surface area (Å²) in [6.45, 7) is 19.6. The zero-order chi connectivity index (χ0) is 62.3. The number of ether oxygens (including phenoxy) is 9. The van der Waals surface area contributed by atoms with Crippen LogP contribution < -0.4 is 0 Å². The molecule has 4 unspecified atom stereocenters.